The second-order valence-corrected chi connectivity index (χ2v) is 6.14. The summed E-state index contributed by atoms with van der Waals surface area (Å²) in [5, 5.41) is 48.9. The van der Waals surface area contributed by atoms with Crippen molar-refractivity contribution < 1.29 is 39.9 Å². The largest absolute Gasteiger partial charge is 0.480 e. The molecule has 0 saturated carbocycles. The van der Waals surface area contributed by atoms with Crippen molar-refractivity contribution in [3.05, 3.63) is 0 Å². The molecule has 0 bridgehead atoms. The van der Waals surface area contributed by atoms with E-state index in [0.29, 0.717) is 19.4 Å². The van der Waals surface area contributed by atoms with E-state index in [1.807, 2.05) is 0 Å². The van der Waals surface area contributed by atoms with E-state index in [9.17, 15) is 14.4 Å². The number of carboxylic acid groups (broad SMARTS) is 2. The van der Waals surface area contributed by atoms with Gasteiger partial charge in [-0.25, -0.2) is 0 Å². The molecule has 0 radical (unpaired) electrons. The van der Waals surface area contributed by atoms with Crippen molar-refractivity contribution in [3.63, 3.8) is 0 Å². The maximum absolute atomic E-state index is 10.6. The molecular weight excluding hydrogens is 402 g/mol. The summed E-state index contributed by atoms with van der Waals surface area (Å²) in [5.41, 5.74) is 5.15. The molecule has 0 rings (SSSR count). The van der Waals surface area contributed by atoms with Crippen LogP contribution in [-0.4, -0.2) is 105 Å². The molecule has 27 heavy (non-hydrogen) atoms. The van der Waals surface area contributed by atoms with Gasteiger partial charge in [0.1, 0.15) is 24.5 Å². The minimum Gasteiger partial charge on any atom is -0.480 e. The van der Waals surface area contributed by atoms with Crippen molar-refractivity contribution in [1.82, 2.24) is 10.6 Å². The Morgan fingerprint density at radius 3 is 1.63 bits per heavy atom. The van der Waals surface area contributed by atoms with E-state index in [0.717, 1.165) is 0 Å². The monoisotopic (exact) mass is 431 g/mol. The molecule has 11 nitrogen and oxygen atoms in total. The first kappa shape index (κ1) is 28.3. The van der Waals surface area contributed by atoms with Gasteiger partial charge < -0.3 is 46.7 Å². The van der Waals surface area contributed by atoms with Crippen LogP contribution in [0, 0.1) is 0 Å². The molecule has 5 atom stereocenters. The topological polar surface area (TPSA) is 202 Å². The maximum atomic E-state index is 10.6. The zero-order chi connectivity index (χ0) is 21.4. The van der Waals surface area contributed by atoms with Gasteiger partial charge in [-0.15, -0.1) is 0 Å². The number of carboxylic acids is 2. The third-order valence-corrected chi connectivity index (χ3v) is 3.92. The number of hydrogen-bond donors (Lipinski definition) is 10. The molecule has 0 aromatic carbocycles. The van der Waals surface area contributed by atoms with Crippen molar-refractivity contribution in [2.75, 3.05) is 31.2 Å². The Kier molecular flexibility index (Phi) is 18.0. The van der Waals surface area contributed by atoms with Crippen LogP contribution in [0.2, 0.25) is 0 Å². The number of aliphatic hydroxyl groups is 3. The van der Waals surface area contributed by atoms with Gasteiger partial charge in [-0.2, -0.15) is 25.3 Å². The van der Waals surface area contributed by atoms with Gasteiger partial charge in [0.05, 0.1) is 18.8 Å². The Labute approximate surface area is 168 Å². The van der Waals surface area contributed by atoms with Crippen molar-refractivity contribution >= 4 is 43.5 Å². The van der Waals surface area contributed by atoms with Gasteiger partial charge in [0, 0.05) is 24.6 Å². The van der Waals surface area contributed by atoms with E-state index in [1.54, 1.807) is 0 Å². The summed E-state index contributed by atoms with van der Waals surface area (Å²) < 4.78 is 0. The van der Waals surface area contributed by atoms with Gasteiger partial charge in [0.25, 0.3) is 0 Å². The number of nitrogens with one attached hydrogen (secondary N) is 2. The van der Waals surface area contributed by atoms with Gasteiger partial charge >= 0.3 is 11.9 Å². The second kappa shape index (κ2) is 17.2. The standard InChI is InChI=1S/C8H16N2O4S2.C6H13NO4/c11-7(12)5(3-15)9-1-2-10-6(4-16)8(13)14;7-4(2-8)1-5(10)6(11)3-9/h5-6,9-10,15-16H,1-4H2,(H,11,12)(H,13,14);2,4-6,9-11H,1,3,7H2/t5-,6-;4-,5+,6-/m01/s1. The van der Waals surface area contributed by atoms with E-state index >= 15 is 0 Å². The highest BCUT2D eigenvalue weighted by Crippen LogP contribution is 1.99. The highest BCUT2D eigenvalue weighted by molar-refractivity contribution is 7.80. The maximum Gasteiger partial charge on any atom is 0.321 e. The van der Waals surface area contributed by atoms with Crippen LogP contribution in [0.4, 0.5) is 0 Å². The lowest BCUT2D eigenvalue weighted by molar-refractivity contribution is -0.140. The summed E-state index contributed by atoms with van der Waals surface area (Å²) in [6.07, 6.45) is -1.92. The highest BCUT2D eigenvalue weighted by atomic mass is 32.1. The molecule has 0 aliphatic carbocycles. The second-order valence-electron chi connectivity index (χ2n) is 5.41. The quantitative estimate of drug-likeness (QED) is 0.0744. The van der Waals surface area contributed by atoms with E-state index < -0.39 is 48.9 Å². The normalized spacial score (nSPS) is 16.2. The lowest BCUT2D eigenvalue weighted by Gasteiger charge is -2.16. The molecule has 0 unspecified atom stereocenters. The van der Waals surface area contributed by atoms with Gasteiger partial charge in [0.2, 0.25) is 0 Å². The Morgan fingerprint density at radius 1 is 0.963 bits per heavy atom. The van der Waals surface area contributed by atoms with Crippen molar-refractivity contribution in [2.45, 2.75) is 36.8 Å². The number of nitrogens with two attached hydrogens (primary N) is 1. The predicted octanol–water partition coefficient (Wildman–Crippen LogP) is -3.45. The number of aliphatic hydroxyl groups excluding tert-OH is 3. The fourth-order valence-corrected chi connectivity index (χ4v) is 2.14. The van der Waals surface area contributed by atoms with Crippen LogP contribution in [0.25, 0.3) is 0 Å². The summed E-state index contributed by atoms with van der Waals surface area (Å²) in [7, 11) is 0. The SMILES string of the molecule is N[C@@H](C=O)C[C@H](O)[C@H](O)CO.O=C(O)[C@H](CS)NCCN[C@@H](CS)C(=O)O. The first-order chi connectivity index (χ1) is 12.6. The van der Waals surface area contributed by atoms with Gasteiger partial charge in [-0.1, -0.05) is 0 Å². The Hall–Kier alpha value is -0.930. The summed E-state index contributed by atoms with van der Waals surface area (Å²) >= 11 is 7.76. The number of carbonyl (C=O) groups excluding carboxylic acids is 1. The molecule has 0 saturated heterocycles. The minimum absolute atomic E-state index is 0.0365. The Balaban J connectivity index is 0. The van der Waals surface area contributed by atoms with Crippen LogP contribution in [0.3, 0.4) is 0 Å². The predicted molar refractivity (Wildman–Crippen MR) is 104 cm³/mol. The number of hydrogen-bond acceptors (Lipinski definition) is 11. The average molecular weight is 432 g/mol. The number of aldehydes is 1. The molecule has 0 aliphatic heterocycles. The molecule has 0 aliphatic rings. The van der Waals surface area contributed by atoms with Gasteiger partial charge in [-0.05, 0) is 6.42 Å². The fraction of sp³-hybridized carbons (Fsp3) is 0.786. The van der Waals surface area contributed by atoms with Crippen LogP contribution < -0.4 is 16.4 Å². The first-order valence-electron chi connectivity index (χ1n) is 7.96. The number of rotatable bonds is 14. The zero-order valence-electron chi connectivity index (χ0n) is 14.6. The molecule has 0 aromatic rings. The Morgan fingerprint density at radius 2 is 1.37 bits per heavy atom. The van der Waals surface area contributed by atoms with Crippen molar-refractivity contribution in [2.24, 2.45) is 5.73 Å². The summed E-state index contributed by atoms with van der Waals surface area (Å²) in [5.74, 6) is -1.58. The zero-order valence-corrected chi connectivity index (χ0v) is 16.4. The number of thiol groups is 2. The first-order valence-corrected chi connectivity index (χ1v) is 9.22. The third kappa shape index (κ3) is 14.8. The van der Waals surface area contributed by atoms with Crippen LogP contribution in [-0.2, 0) is 14.4 Å². The molecule has 160 valence electrons. The number of carbonyl (C=O) groups is 3. The van der Waals surface area contributed by atoms with Crippen molar-refractivity contribution in [1.29, 1.82) is 0 Å². The molecule has 13 heteroatoms. The molecule has 0 amide bonds. The average Bonchev–Trinajstić information content (AvgIpc) is 2.63. The summed E-state index contributed by atoms with van der Waals surface area (Å²) in [4.78, 5) is 31.1. The van der Waals surface area contributed by atoms with Crippen molar-refractivity contribution in [3.8, 4) is 0 Å². The van der Waals surface area contributed by atoms with Gasteiger partial charge in [0.15, 0.2) is 0 Å². The fourth-order valence-electron chi connectivity index (χ4n) is 1.57. The van der Waals surface area contributed by atoms with Crippen LogP contribution in [0.5, 0.6) is 0 Å². The number of aliphatic carboxylic acids is 2. The van der Waals surface area contributed by atoms with Crippen LogP contribution >= 0.6 is 25.3 Å². The highest BCUT2D eigenvalue weighted by Gasteiger charge is 2.18. The third-order valence-electron chi connectivity index (χ3n) is 3.19. The molecular formula is C14H29N3O8S2. The molecule has 9 N–H and O–H groups in total. The lowest BCUT2D eigenvalue weighted by Crippen LogP contribution is -2.45. The molecule has 0 fully saturated rings. The molecule has 0 spiro atoms. The minimum atomic E-state index is -1.22. The van der Waals surface area contributed by atoms with Gasteiger partial charge in [-0.3, -0.25) is 9.59 Å². The van der Waals surface area contributed by atoms with E-state index in [2.05, 4.69) is 35.9 Å². The van der Waals surface area contributed by atoms with E-state index in [1.165, 1.54) is 0 Å². The summed E-state index contributed by atoms with van der Waals surface area (Å²) in [6, 6.07) is -2.22. The molecule has 0 heterocycles. The Bertz CT molecular complexity index is 409. The van der Waals surface area contributed by atoms with Crippen LogP contribution in [0.1, 0.15) is 6.42 Å². The summed E-state index contributed by atoms with van der Waals surface area (Å²) in [6.45, 7) is 0.177. The van der Waals surface area contributed by atoms with E-state index in [4.69, 9.17) is 31.3 Å². The lowest BCUT2D eigenvalue weighted by atomic mass is 10.1. The molecule has 0 aromatic heterocycles. The van der Waals surface area contributed by atoms with E-state index in [-0.39, 0.29) is 17.9 Å². The van der Waals surface area contributed by atoms with Crippen LogP contribution in [0.15, 0.2) is 0 Å². The smallest absolute Gasteiger partial charge is 0.321 e.